The molecule has 2 aliphatic rings. The molecule has 134 valence electrons. The largest absolute Gasteiger partial charge is 0.506 e. The van der Waals surface area contributed by atoms with Crippen LogP contribution in [0.4, 0.5) is 0 Å². The first-order chi connectivity index (χ1) is 12.4. The molecule has 2 unspecified atom stereocenters. The predicted octanol–water partition coefficient (Wildman–Crippen LogP) is 3.91. The van der Waals surface area contributed by atoms with Gasteiger partial charge in [0.05, 0.1) is 12.7 Å². The van der Waals surface area contributed by atoms with Crippen molar-refractivity contribution in [2.75, 3.05) is 7.11 Å². The van der Waals surface area contributed by atoms with E-state index in [2.05, 4.69) is 0 Å². The summed E-state index contributed by atoms with van der Waals surface area (Å²) in [5.74, 6) is 0.295. The summed E-state index contributed by atoms with van der Waals surface area (Å²) in [7, 11) is 1.46. The van der Waals surface area contributed by atoms with Crippen molar-refractivity contribution in [1.82, 2.24) is 0 Å². The van der Waals surface area contributed by atoms with Crippen LogP contribution in [-0.2, 0) is 4.74 Å². The van der Waals surface area contributed by atoms with Crippen molar-refractivity contribution in [2.45, 2.75) is 31.7 Å². The second-order valence-corrected chi connectivity index (χ2v) is 7.01. The van der Waals surface area contributed by atoms with E-state index in [4.69, 9.17) is 14.2 Å². The summed E-state index contributed by atoms with van der Waals surface area (Å²) in [6.45, 7) is 3.87. The number of carbonyl (C=O) groups excluding carboxylic acids is 1. The molecule has 5 heteroatoms. The SMILES string of the molecule is COc1cc2c(c(O)c1C(=O)C=Cc1ccccc1)C1OC1C(C)(C)O2. The van der Waals surface area contributed by atoms with Crippen molar-refractivity contribution in [2.24, 2.45) is 0 Å². The number of fused-ring (bicyclic) bond motifs is 3. The van der Waals surface area contributed by atoms with Crippen molar-refractivity contribution in [3.8, 4) is 17.2 Å². The molecule has 2 aliphatic heterocycles. The van der Waals surface area contributed by atoms with Gasteiger partial charge in [0.1, 0.15) is 40.6 Å². The molecular weight excluding hydrogens is 332 g/mol. The first-order valence-electron chi connectivity index (χ1n) is 8.48. The second-order valence-electron chi connectivity index (χ2n) is 7.01. The summed E-state index contributed by atoms with van der Waals surface area (Å²) >= 11 is 0. The number of allylic oxidation sites excluding steroid dienone is 1. The average molecular weight is 352 g/mol. The summed E-state index contributed by atoms with van der Waals surface area (Å²) in [6, 6.07) is 11.1. The van der Waals surface area contributed by atoms with Crippen LogP contribution in [0.3, 0.4) is 0 Å². The van der Waals surface area contributed by atoms with Crippen molar-refractivity contribution in [1.29, 1.82) is 0 Å². The third kappa shape index (κ3) is 2.65. The van der Waals surface area contributed by atoms with Gasteiger partial charge in [0.25, 0.3) is 0 Å². The molecule has 0 radical (unpaired) electrons. The quantitative estimate of drug-likeness (QED) is 0.513. The molecule has 5 nitrogen and oxygen atoms in total. The van der Waals surface area contributed by atoms with Crippen molar-refractivity contribution in [3.63, 3.8) is 0 Å². The molecule has 1 saturated heterocycles. The number of methoxy groups -OCH3 is 1. The van der Waals surface area contributed by atoms with Gasteiger partial charge >= 0.3 is 0 Å². The number of epoxide rings is 1. The van der Waals surface area contributed by atoms with E-state index >= 15 is 0 Å². The van der Waals surface area contributed by atoms with E-state index in [0.29, 0.717) is 11.3 Å². The lowest BCUT2D eigenvalue weighted by molar-refractivity contribution is 0.0718. The zero-order valence-electron chi connectivity index (χ0n) is 14.9. The molecular formula is C21H20O5. The number of phenolic OH excluding ortho intramolecular Hbond substituents is 1. The van der Waals surface area contributed by atoms with Crippen LogP contribution in [0.5, 0.6) is 17.2 Å². The molecule has 1 N–H and O–H groups in total. The summed E-state index contributed by atoms with van der Waals surface area (Å²) < 4.78 is 17.0. The summed E-state index contributed by atoms with van der Waals surface area (Å²) in [4.78, 5) is 12.7. The number of phenols is 1. The van der Waals surface area contributed by atoms with E-state index in [0.717, 1.165) is 5.56 Å². The van der Waals surface area contributed by atoms with E-state index in [1.165, 1.54) is 13.2 Å². The minimum Gasteiger partial charge on any atom is -0.506 e. The van der Waals surface area contributed by atoms with Crippen LogP contribution in [0, 0.1) is 0 Å². The van der Waals surface area contributed by atoms with Crippen LogP contribution in [0.25, 0.3) is 6.08 Å². The van der Waals surface area contributed by atoms with Crippen LogP contribution in [0.2, 0.25) is 0 Å². The minimum atomic E-state index is -0.492. The van der Waals surface area contributed by atoms with E-state index in [1.54, 1.807) is 12.1 Å². The van der Waals surface area contributed by atoms with E-state index in [9.17, 15) is 9.90 Å². The lowest BCUT2D eigenvalue weighted by Gasteiger charge is -2.30. The number of carbonyl (C=O) groups is 1. The molecule has 26 heavy (non-hydrogen) atoms. The standard InChI is InChI=1S/C21H20O5/c1-21(2)20-19(25-20)17-15(26-21)11-14(24-3)16(18(17)23)13(22)10-9-12-7-5-4-6-8-12/h4-11,19-20,23H,1-3H3. The number of aromatic hydroxyl groups is 1. The van der Waals surface area contributed by atoms with Gasteiger partial charge in [-0.15, -0.1) is 0 Å². The number of ether oxygens (including phenoxy) is 3. The maximum absolute atomic E-state index is 12.7. The first-order valence-corrected chi connectivity index (χ1v) is 8.48. The molecule has 0 aromatic heterocycles. The topological polar surface area (TPSA) is 68.3 Å². The molecule has 0 amide bonds. The molecule has 1 fully saturated rings. The molecule has 0 saturated carbocycles. The third-order valence-electron chi connectivity index (χ3n) is 4.79. The number of hydrogen-bond acceptors (Lipinski definition) is 5. The molecule has 0 spiro atoms. The fourth-order valence-electron chi connectivity index (χ4n) is 3.42. The van der Waals surface area contributed by atoms with Gasteiger partial charge in [-0.2, -0.15) is 0 Å². The highest BCUT2D eigenvalue weighted by atomic mass is 16.6. The third-order valence-corrected chi connectivity index (χ3v) is 4.79. The van der Waals surface area contributed by atoms with Gasteiger partial charge in [-0.05, 0) is 25.5 Å². The maximum Gasteiger partial charge on any atom is 0.193 e. The number of ketones is 1. The first kappa shape index (κ1) is 16.7. The predicted molar refractivity (Wildman–Crippen MR) is 96.8 cm³/mol. The van der Waals surface area contributed by atoms with Crippen molar-refractivity contribution < 1.29 is 24.1 Å². The van der Waals surface area contributed by atoms with Gasteiger partial charge in [0, 0.05) is 6.07 Å². The maximum atomic E-state index is 12.7. The zero-order chi connectivity index (χ0) is 18.5. The highest BCUT2D eigenvalue weighted by Crippen LogP contribution is 2.58. The fourth-order valence-corrected chi connectivity index (χ4v) is 3.42. The monoisotopic (exact) mass is 352 g/mol. The Kier molecular flexibility index (Phi) is 3.77. The average Bonchev–Trinajstić information content (AvgIpc) is 3.41. The van der Waals surface area contributed by atoms with Crippen LogP contribution in [0.1, 0.15) is 41.4 Å². The van der Waals surface area contributed by atoms with E-state index in [1.807, 2.05) is 44.2 Å². The number of benzene rings is 2. The number of hydrogen-bond donors (Lipinski definition) is 1. The van der Waals surface area contributed by atoms with Gasteiger partial charge < -0.3 is 19.3 Å². The molecule has 2 aromatic rings. The Balaban J connectivity index is 1.74. The molecule has 2 heterocycles. The highest BCUT2D eigenvalue weighted by molar-refractivity contribution is 6.11. The lowest BCUT2D eigenvalue weighted by atomic mass is 9.91. The Labute approximate surface area is 151 Å². The van der Waals surface area contributed by atoms with Crippen molar-refractivity contribution >= 4 is 11.9 Å². The van der Waals surface area contributed by atoms with Crippen LogP contribution in [-0.4, -0.2) is 29.7 Å². The fraction of sp³-hybridized carbons (Fsp3) is 0.286. The van der Waals surface area contributed by atoms with Gasteiger partial charge in [-0.1, -0.05) is 36.4 Å². The van der Waals surface area contributed by atoms with E-state index < -0.39 is 5.60 Å². The normalized spacial score (nSPS) is 22.3. The van der Waals surface area contributed by atoms with Gasteiger partial charge in [0.15, 0.2) is 5.78 Å². The Morgan fingerprint density at radius 1 is 1.27 bits per heavy atom. The molecule has 4 rings (SSSR count). The lowest BCUT2D eigenvalue weighted by Crippen LogP contribution is -2.37. The van der Waals surface area contributed by atoms with Crippen molar-refractivity contribution in [3.05, 3.63) is 59.2 Å². The van der Waals surface area contributed by atoms with Crippen LogP contribution < -0.4 is 9.47 Å². The minimum absolute atomic E-state index is 0.121. The summed E-state index contributed by atoms with van der Waals surface area (Å²) in [6.07, 6.45) is 2.75. The molecule has 2 atom stereocenters. The molecule has 0 aliphatic carbocycles. The van der Waals surface area contributed by atoms with Crippen LogP contribution >= 0.6 is 0 Å². The summed E-state index contributed by atoms with van der Waals surface area (Å²) in [5.41, 5.74) is 1.05. The number of rotatable bonds is 4. The van der Waals surface area contributed by atoms with Crippen LogP contribution in [0.15, 0.2) is 42.5 Å². The van der Waals surface area contributed by atoms with Gasteiger partial charge in [0.2, 0.25) is 0 Å². The molecule has 0 bridgehead atoms. The summed E-state index contributed by atoms with van der Waals surface area (Å²) in [5, 5.41) is 10.8. The second kappa shape index (κ2) is 5.88. The van der Waals surface area contributed by atoms with Gasteiger partial charge in [-0.3, -0.25) is 4.79 Å². The molecule has 2 aromatic carbocycles. The Hall–Kier alpha value is -2.79. The smallest absolute Gasteiger partial charge is 0.193 e. The Morgan fingerprint density at radius 3 is 2.69 bits per heavy atom. The zero-order valence-corrected chi connectivity index (χ0v) is 14.9. The Bertz CT molecular complexity index is 898. The van der Waals surface area contributed by atoms with E-state index in [-0.39, 0.29) is 35.1 Å². The Morgan fingerprint density at radius 2 is 2.00 bits per heavy atom. The highest BCUT2D eigenvalue weighted by Gasteiger charge is 2.58. The van der Waals surface area contributed by atoms with Gasteiger partial charge in [-0.25, -0.2) is 0 Å².